The first-order valence-electron chi connectivity index (χ1n) is 5.48. The highest BCUT2D eigenvalue weighted by Crippen LogP contribution is 2.22. The van der Waals surface area contributed by atoms with E-state index in [-0.39, 0.29) is 25.4 Å². The Labute approximate surface area is 98.4 Å². The van der Waals surface area contributed by atoms with Gasteiger partial charge in [-0.25, -0.2) is 0 Å². The third kappa shape index (κ3) is 12.0. The summed E-state index contributed by atoms with van der Waals surface area (Å²) >= 11 is 0. The van der Waals surface area contributed by atoms with E-state index < -0.39 is 8.25 Å². The van der Waals surface area contributed by atoms with Crippen LogP contribution in [0.5, 0.6) is 0 Å². The normalized spacial score (nSPS) is 11.4. The van der Waals surface area contributed by atoms with Gasteiger partial charge in [-0.2, -0.15) is 0 Å². The first-order chi connectivity index (χ1) is 7.52. The lowest BCUT2D eigenvalue weighted by Crippen LogP contribution is -2.09. The maximum atomic E-state index is 11.1. The van der Waals surface area contributed by atoms with Crippen molar-refractivity contribution in [2.45, 2.75) is 39.9 Å². The average Bonchev–Trinajstić information content (AvgIpc) is 2.19. The Morgan fingerprint density at radius 3 is 1.50 bits per heavy atom. The zero-order valence-corrected chi connectivity index (χ0v) is 11.4. The van der Waals surface area contributed by atoms with Crippen LogP contribution in [0, 0.1) is 0 Å². The summed E-state index contributed by atoms with van der Waals surface area (Å²) in [5.74, 6) is 0. The molecule has 0 amide bonds. The summed E-state index contributed by atoms with van der Waals surface area (Å²) in [6, 6.07) is 0. The summed E-state index contributed by atoms with van der Waals surface area (Å²) in [5, 5.41) is 0. The number of ether oxygens (including phenoxy) is 2. The van der Waals surface area contributed by atoms with Gasteiger partial charge in [-0.15, -0.1) is 9.05 Å². The van der Waals surface area contributed by atoms with Crippen molar-refractivity contribution >= 4 is 8.25 Å². The van der Waals surface area contributed by atoms with Gasteiger partial charge in [0.05, 0.1) is 25.4 Å². The average molecular weight is 253 g/mol. The van der Waals surface area contributed by atoms with E-state index in [1.165, 1.54) is 0 Å². The smallest absolute Gasteiger partial charge is 0.376 e. The summed E-state index contributed by atoms with van der Waals surface area (Å²) < 4.78 is 31.4. The Hall–Kier alpha value is -0.0600. The fourth-order valence-corrected chi connectivity index (χ4v) is 1.35. The van der Waals surface area contributed by atoms with Gasteiger partial charge in [0.1, 0.15) is 13.2 Å². The van der Waals surface area contributed by atoms with E-state index in [0.717, 1.165) is 0 Å². The van der Waals surface area contributed by atoms with Crippen LogP contribution in [0.1, 0.15) is 27.7 Å². The van der Waals surface area contributed by atoms with Crippen LogP contribution in [0.15, 0.2) is 0 Å². The lowest BCUT2D eigenvalue weighted by molar-refractivity contribution is 0.0414. The van der Waals surface area contributed by atoms with Crippen molar-refractivity contribution in [3.63, 3.8) is 0 Å². The summed E-state index contributed by atoms with van der Waals surface area (Å²) in [4.78, 5) is 0. The minimum absolute atomic E-state index is 0.154. The van der Waals surface area contributed by atoms with Gasteiger partial charge in [-0.05, 0) is 27.7 Å². The highest BCUT2D eigenvalue weighted by molar-refractivity contribution is 7.33. The van der Waals surface area contributed by atoms with Crippen LogP contribution in [-0.4, -0.2) is 38.6 Å². The van der Waals surface area contributed by atoms with E-state index >= 15 is 0 Å². The van der Waals surface area contributed by atoms with Gasteiger partial charge in [0.2, 0.25) is 0 Å². The fraction of sp³-hybridized carbons (Fsp3) is 1.00. The first kappa shape index (κ1) is 15.9. The van der Waals surface area contributed by atoms with Crippen LogP contribution in [0.4, 0.5) is 0 Å². The Morgan fingerprint density at radius 1 is 0.812 bits per heavy atom. The molecule has 0 atom stereocenters. The second-order valence-corrected chi connectivity index (χ2v) is 4.69. The van der Waals surface area contributed by atoms with Gasteiger partial charge >= 0.3 is 8.25 Å². The van der Waals surface area contributed by atoms with Crippen molar-refractivity contribution in [1.82, 2.24) is 0 Å². The topological polar surface area (TPSA) is 54.0 Å². The lowest BCUT2D eigenvalue weighted by atomic mass is 10.5. The molecule has 0 fully saturated rings. The standard InChI is InChI=1S/C10H22O5P/c1-9(2)12-5-7-14-16(11)15-8-6-13-10(3)4/h9-10H,5-8H2,1-4H3/q+1. The Morgan fingerprint density at radius 2 is 1.19 bits per heavy atom. The summed E-state index contributed by atoms with van der Waals surface area (Å²) in [7, 11) is -2.05. The van der Waals surface area contributed by atoms with Crippen LogP contribution in [0.3, 0.4) is 0 Å². The fourth-order valence-electron chi connectivity index (χ4n) is 0.829. The molecule has 16 heavy (non-hydrogen) atoms. The molecular formula is C10H22O5P+. The van der Waals surface area contributed by atoms with Crippen molar-refractivity contribution in [3.8, 4) is 0 Å². The molecule has 0 spiro atoms. The van der Waals surface area contributed by atoms with Crippen LogP contribution in [0.25, 0.3) is 0 Å². The van der Waals surface area contributed by atoms with Gasteiger partial charge < -0.3 is 9.47 Å². The Kier molecular flexibility index (Phi) is 10.1. The Bertz CT molecular complexity index is 166. The molecule has 0 aliphatic carbocycles. The summed E-state index contributed by atoms with van der Waals surface area (Å²) in [5.41, 5.74) is 0. The van der Waals surface area contributed by atoms with E-state index in [4.69, 9.17) is 18.5 Å². The van der Waals surface area contributed by atoms with Gasteiger partial charge in [0.25, 0.3) is 0 Å². The van der Waals surface area contributed by atoms with E-state index in [2.05, 4.69) is 0 Å². The predicted molar refractivity (Wildman–Crippen MR) is 61.7 cm³/mol. The molecule has 96 valence electrons. The molecule has 0 aromatic carbocycles. The monoisotopic (exact) mass is 253 g/mol. The van der Waals surface area contributed by atoms with Crippen LogP contribution in [0.2, 0.25) is 0 Å². The quantitative estimate of drug-likeness (QED) is 0.442. The van der Waals surface area contributed by atoms with Crippen LogP contribution in [-0.2, 0) is 23.1 Å². The second kappa shape index (κ2) is 10.1. The lowest BCUT2D eigenvalue weighted by Gasteiger charge is -2.04. The van der Waals surface area contributed by atoms with Crippen molar-refractivity contribution < 1.29 is 23.1 Å². The van der Waals surface area contributed by atoms with E-state index in [1.54, 1.807) is 0 Å². The summed E-state index contributed by atoms with van der Waals surface area (Å²) in [6.45, 7) is 9.12. The number of hydrogen-bond donors (Lipinski definition) is 0. The van der Waals surface area contributed by atoms with Gasteiger partial charge in [-0.3, -0.25) is 0 Å². The van der Waals surface area contributed by atoms with Gasteiger partial charge in [0.15, 0.2) is 0 Å². The van der Waals surface area contributed by atoms with E-state index in [1.807, 2.05) is 27.7 Å². The molecule has 0 aromatic heterocycles. The Balaban J connectivity index is 3.25. The van der Waals surface area contributed by atoms with Crippen molar-refractivity contribution in [3.05, 3.63) is 0 Å². The minimum atomic E-state index is -2.05. The molecule has 0 unspecified atom stereocenters. The third-order valence-electron chi connectivity index (χ3n) is 1.46. The second-order valence-electron chi connectivity index (χ2n) is 3.73. The number of hydrogen-bond acceptors (Lipinski definition) is 5. The number of rotatable bonds is 10. The molecule has 0 aromatic rings. The molecule has 5 nitrogen and oxygen atoms in total. The summed E-state index contributed by atoms with van der Waals surface area (Å²) in [6.07, 6.45) is 0.309. The maximum Gasteiger partial charge on any atom is 0.697 e. The molecule has 0 N–H and O–H groups in total. The van der Waals surface area contributed by atoms with Gasteiger partial charge in [0, 0.05) is 4.57 Å². The molecule has 0 saturated heterocycles. The van der Waals surface area contributed by atoms with E-state index in [0.29, 0.717) is 13.2 Å². The maximum absolute atomic E-state index is 11.1. The molecule has 0 radical (unpaired) electrons. The van der Waals surface area contributed by atoms with Crippen LogP contribution >= 0.6 is 8.25 Å². The molecule has 0 bridgehead atoms. The van der Waals surface area contributed by atoms with Crippen molar-refractivity contribution in [2.24, 2.45) is 0 Å². The highest BCUT2D eigenvalue weighted by Gasteiger charge is 2.19. The molecule has 0 aliphatic rings. The molecule has 0 aliphatic heterocycles. The SMILES string of the molecule is CC(C)OCCO[P+](=O)OCCOC(C)C. The predicted octanol–water partition coefficient (Wildman–Crippen LogP) is 2.53. The third-order valence-corrected chi connectivity index (χ3v) is 2.25. The van der Waals surface area contributed by atoms with Crippen molar-refractivity contribution in [1.29, 1.82) is 0 Å². The molecule has 0 rings (SSSR count). The molecule has 0 saturated carbocycles. The largest absolute Gasteiger partial charge is 0.697 e. The van der Waals surface area contributed by atoms with Crippen molar-refractivity contribution in [2.75, 3.05) is 26.4 Å². The van der Waals surface area contributed by atoms with Gasteiger partial charge in [-0.1, -0.05) is 0 Å². The minimum Gasteiger partial charge on any atom is -0.376 e. The highest BCUT2D eigenvalue weighted by atomic mass is 31.1. The zero-order chi connectivity index (χ0) is 12.4. The first-order valence-corrected chi connectivity index (χ1v) is 6.58. The molecular weight excluding hydrogens is 231 g/mol. The van der Waals surface area contributed by atoms with Crippen LogP contribution < -0.4 is 0 Å². The zero-order valence-electron chi connectivity index (χ0n) is 10.5. The van der Waals surface area contributed by atoms with E-state index in [9.17, 15) is 4.57 Å². The molecule has 0 heterocycles. The molecule has 6 heteroatoms.